The quantitative estimate of drug-likeness (QED) is 0.431. The first kappa shape index (κ1) is 27.9. The Hall–Kier alpha value is -3.66. The van der Waals surface area contributed by atoms with Gasteiger partial charge in [0.2, 0.25) is 5.91 Å². The van der Waals surface area contributed by atoms with Gasteiger partial charge in [0.25, 0.3) is 5.91 Å². The van der Waals surface area contributed by atoms with E-state index in [1.54, 1.807) is 0 Å². The van der Waals surface area contributed by atoms with Crippen LogP contribution in [-0.2, 0) is 4.79 Å². The Kier molecular flexibility index (Phi) is 8.54. The van der Waals surface area contributed by atoms with Crippen LogP contribution in [0.3, 0.4) is 0 Å². The fourth-order valence-corrected chi connectivity index (χ4v) is 5.83. The van der Waals surface area contributed by atoms with E-state index >= 15 is 0 Å². The molecule has 0 radical (unpaired) electrons. The van der Waals surface area contributed by atoms with Crippen molar-refractivity contribution >= 4 is 11.8 Å². The van der Waals surface area contributed by atoms with Gasteiger partial charge in [-0.2, -0.15) is 0 Å². The third-order valence-corrected chi connectivity index (χ3v) is 8.04. The van der Waals surface area contributed by atoms with Crippen LogP contribution in [0.2, 0.25) is 0 Å². The maximum absolute atomic E-state index is 14.2. The average Bonchev–Trinajstić information content (AvgIpc) is 3.44. The zero-order chi connectivity index (χ0) is 28.2. The van der Waals surface area contributed by atoms with Crippen molar-refractivity contribution in [3.63, 3.8) is 0 Å². The second-order valence-corrected chi connectivity index (χ2v) is 10.9. The Bertz CT molecular complexity index is 1360. The highest BCUT2D eigenvalue weighted by atomic mass is 19.1. The number of nitrogens with one attached hydrogen (secondary N) is 2. The van der Waals surface area contributed by atoms with Crippen LogP contribution in [0.5, 0.6) is 0 Å². The molecule has 1 saturated heterocycles. The number of halogens is 2. The van der Waals surface area contributed by atoms with Gasteiger partial charge in [-0.25, -0.2) is 8.78 Å². The number of hydrogen-bond donors (Lipinski definition) is 2. The molecule has 2 aliphatic rings. The van der Waals surface area contributed by atoms with Gasteiger partial charge in [-0.3, -0.25) is 19.5 Å². The van der Waals surface area contributed by atoms with Crippen LogP contribution >= 0.6 is 0 Å². The molecule has 40 heavy (non-hydrogen) atoms. The predicted molar refractivity (Wildman–Crippen MR) is 145 cm³/mol. The van der Waals surface area contributed by atoms with Crippen molar-refractivity contribution in [2.75, 3.05) is 13.1 Å². The SMILES string of the molecule is Cc1cccc([C@@H](C)NC(=O)[C@H]2CN(C3CCCCC3)CC[C@@H]2NC(=O)c2cc(-c3ccc(F)cc3F)on2)n1. The minimum Gasteiger partial charge on any atom is -0.355 e. The number of piperidine rings is 1. The molecule has 3 atom stereocenters. The van der Waals surface area contributed by atoms with Gasteiger partial charge in [-0.1, -0.05) is 30.5 Å². The van der Waals surface area contributed by atoms with Crippen molar-refractivity contribution in [1.82, 2.24) is 25.7 Å². The lowest BCUT2D eigenvalue weighted by molar-refractivity contribution is -0.128. The summed E-state index contributed by atoms with van der Waals surface area (Å²) < 4.78 is 32.7. The minimum absolute atomic E-state index is 0.00439. The third kappa shape index (κ3) is 6.38. The molecule has 2 amide bonds. The summed E-state index contributed by atoms with van der Waals surface area (Å²) >= 11 is 0. The fourth-order valence-electron chi connectivity index (χ4n) is 5.83. The molecule has 3 heterocycles. The van der Waals surface area contributed by atoms with Crippen LogP contribution in [-0.4, -0.2) is 52.0 Å². The summed E-state index contributed by atoms with van der Waals surface area (Å²) in [5.74, 6) is -2.64. The highest BCUT2D eigenvalue weighted by Gasteiger charge is 2.38. The summed E-state index contributed by atoms with van der Waals surface area (Å²) in [6, 6.07) is 9.85. The molecule has 0 bridgehead atoms. The molecular formula is C30H35F2N5O3. The van der Waals surface area contributed by atoms with E-state index in [1.165, 1.54) is 31.4 Å². The molecule has 2 aromatic heterocycles. The Balaban J connectivity index is 1.31. The smallest absolute Gasteiger partial charge is 0.273 e. The van der Waals surface area contributed by atoms with Crippen LogP contribution in [0.1, 0.15) is 73.4 Å². The van der Waals surface area contributed by atoms with Crippen LogP contribution in [0.4, 0.5) is 8.78 Å². The fraction of sp³-hybridized carbons (Fsp3) is 0.467. The van der Waals surface area contributed by atoms with Crippen molar-refractivity contribution in [2.45, 2.75) is 70.5 Å². The van der Waals surface area contributed by atoms with E-state index in [2.05, 4.69) is 25.7 Å². The van der Waals surface area contributed by atoms with Crippen molar-refractivity contribution in [2.24, 2.45) is 5.92 Å². The molecule has 212 valence electrons. The lowest BCUT2D eigenvalue weighted by Gasteiger charge is -2.43. The average molecular weight is 552 g/mol. The van der Waals surface area contributed by atoms with E-state index in [-0.39, 0.29) is 29.0 Å². The van der Waals surface area contributed by atoms with E-state index in [4.69, 9.17) is 4.52 Å². The molecule has 10 heteroatoms. The predicted octanol–water partition coefficient (Wildman–Crippen LogP) is 4.95. The summed E-state index contributed by atoms with van der Waals surface area (Å²) in [4.78, 5) is 33.8. The summed E-state index contributed by atoms with van der Waals surface area (Å²) in [5.41, 5.74) is 1.61. The number of aromatic nitrogens is 2. The summed E-state index contributed by atoms with van der Waals surface area (Å²) in [6.07, 6.45) is 6.48. The van der Waals surface area contributed by atoms with Gasteiger partial charge in [-0.05, 0) is 57.4 Å². The monoisotopic (exact) mass is 551 g/mol. The molecule has 3 aromatic rings. The van der Waals surface area contributed by atoms with Gasteiger partial charge >= 0.3 is 0 Å². The Morgan fingerprint density at radius 1 is 1.07 bits per heavy atom. The van der Waals surface area contributed by atoms with Gasteiger partial charge in [0.05, 0.1) is 23.2 Å². The topological polar surface area (TPSA) is 100 Å². The van der Waals surface area contributed by atoms with Crippen LogP contribution in [0.15, 0.2) is 47.0 Å². The molecule has 1 saturated carbocycles. The van der Waals surface area contributed by atoms with Crippen molar-refractivity contribution in [3.8, 4) is 11.3 Å². The van der Waals surface area contributed by atoms with E-state index < -0.39 is 29.5 Å². The number of carbonyl (C=O) groups is 2. The van der Waals surface area contributed by atoms with Gasteiger partial charge in [0.15, 0.2) is 11.5 Å². The number of rotatable bonds is 7. The summed E-state index contributed by atoms with van der Waals surface area (Å²) in [5, 5.41) is 9.90. The highest BCUT2D eigenvalue weighted by molar-refractivity contribution is 5.94. The summed E-state index contributed by atoms with van der Waals surface area (Å²) in [6.45, 7) is 5.13. The number of benzene rings is 1. The van der Waals surface area contributed by atoms with E-state index in [9.17, 15) is 18.4 Å². The lowest BCUT2D eigenvalue weighted by Crippen LogP contribution is -2.58. The number of amides is 2. The number of carbonyl (C=O) groups excluding carboxylic acids is 2. The zero-order valence-electron chi connectivity index (χ0n) is 22.8. The first-order chi connectivity index (χ1) is 19.3. The van der Waals surface area contributed by atoms with Crippen LogP contribution < -0.4 is 10.6 Å². The van der Waals surface area contributed by atoms with Crippen molar-refractivity contribution < 1.29 is 22.9 Å². The van der Waals surface area contributed by atoms with Crippen molar-refractivity contribution in [3.05, 3.63) is 71.2 Å². The molecule has 0 unspecified atom stereocenters. The molecule has 1 aromatic carbocycles. The van der Waals surface area contributed by atoms with Gasteiger partial charge in [0.1, 0.15) is 11.6 Å². The molecule has 8 nitrogen and oxygen atoms in total. The van der Waals surface area contributed by atoms with Crippen LogP contribution in [0, 0.1) is 24.5 Å². The second kappa shape index (κ2) is 12.2. The molecule has 0 spiro atoms. The first-order valence-corrected chi connectivity index (χ1v) is 14.0. The Labute approximate surface area is 232 Å². The van der Waals surface area contributed by atoms with E-state index in [0.717, 1.165) is 42.9 Å². The molecule has 2 N–H and O–H groups in total. The number of hydrogen-bond acceptors (Lipinski definition) is 6. The number of pyridine rings is 1. The standard InChI is InChI=1S/C30H35F2N5O3/c1-18-7-6-10-25(33-18)19(2)34-29(38)23-17-37(21-8-4-3-5-9-21)14-13-26(23)35-30(39)27-16-28(40-36-27)22-12-11-20(31)15-24(22)32/h6-7,10-12,15-16,19,21,23,26H,3-5,8-9,13-14,17H2,1-2H3,(H,34,38)(H,35,39)/t19-,23+,26+/m1/s1. The molecule has 5 rings (SSSR count). The molecular weight excluding hydrogens is 516 g/mol. The van der Waals surface area contributed by atoms with Gasteiger partial charge in [0, 0.05) is 43.0 Å². The number of aryl methyl sites for hydroxylation is 1. The lowest BCUT2D eigenvalue weighted by atomic mass is 9.86. The van der Waals surface area contributed by atoms with E-state index in [1.807, 2.05) is 32.0 Å². The van der Waals surface area contributed by atoms with Crippen LogP contribution in [0.25, 0.3) is 11.3 Å². The Morgan fingerprint density at radius 3 is 2.62 bits per heavy atom. The molecule has 1 aliphatic carbocycles. The zero-order valence-corrected chi connectivity index (χ0v) is 22.8. The van der Waals surface area contributed by atoms with Crippen molar-refractivity contribution in [1.29, 1.82) is 0 Å². The third-order valence-electron chi connectivity index (χ3n) is 8.04. The van der Waals surface area contributed by atoms with Gasteiger partial charge in [-0.15, -0.1) is 0 Å². The normalized spacial score (nSPS) is 21.1. The molecule has 1 aliphatic heterocycles. The first-order valence-electron chi connectivity index (χ1n) is 14.0. The van der Waals surface area contributed by atoms with Gasteiger partial charge < -0.3 is 15.2 Å². The Morgan fingerprint density at radius 2 is 1.88 bits per heavy atom. The second-order valence-electron chi connectivity index (χ2n) is 10.9. The number of likely N-dealkylation sites (tertiary alicyclic amines) is 1. The molecule has 2 fully saturated rings. The van der Waals surface area contributed by atoms with E-state index in [0.29, 0.717) is 19.0 Å². The number of nitrogens with zero attached hydrogens (tertiary/aromatic N) is 3. The summed E-state index contributed by atoms with van der Waals surface area (Å²) in [7, 11) is 0. The maximum Gasteiger partial charge on any atom is 0.273 e. The highest BCUT2D eigenvalue weighted by Crippen LogP contribution is 2.29. The maximum atomic E-state index is 14.2. The largest absolute Gasteiger partial charge is 0.355 e. The minimum atomic E-state index is -0.813.